The Bertz CT molecular complexity index is 1170. The maximum atomic E-state index is 12.7. The van der Waals surface area contributed by atoms with Crippen molar-refractivity contribution in [2.45, 2.75) is 31.6 Å². The van der Waals surface area contributed by atoms with E-state index in [2.05, 4.69) is 35.2 Å². The molecule has 1 fully saturated rings. The third-order valence-corrected chi connectivity index (χ3v) is 8.02. The van der Waals surface area contributed by atoms with Crippen LogP contribution in [-0.4, -0.2) is 20.5 Å². The Morgan fingerprint density at radius 1 is 1.19 bits per heavy atom. The molecule has 8 heteroatoms. The smallest absolute Gasteiger partial charge is 0.271 e. The number of allylic oxidation sites excluding steroid dienone is 2. The van der Waals surface area contributed by atoms with E-state index in [0.29, 0.717) is 16.6 Å². The van der Waals surface area contributed by atoms with Gasteiger partial charge in [0, 0.05) is 16.3 Å². The van der Waals surface area contributed by atoms with Crippen LogP contribution in [0.4, 0.5) is 5.69 Å². The number of fused-ring (bicyclic) bond motifs is 1. The zero-order chi connectivity index (χ0) is 22.2. The number of carbonyl (C=O) groups is 1. The summed E-state index contributed by atoms with van der Waals surface area (Å²) in [6.07, 6.45) is 6.11. The molecule has 2 aromatic rings. The SMILES string of the molecule is CC1(C)[C@H]2CC=C(/C=N\NC(=O)c3cccc(S(=O)(=O)Nc4ccc(Cl)cc4)c3)[C@@H]1C2. The Balaban J connectivity index is 1.43. The minimum atomic E-state index is -3.86. The molecule has 2 atom stereocenters. The Morgan fingerprint density at radius 3 is 2.61 bits per heavy atom. The molecular formula is C23H24ClN3O3S. The number of anilines is 1. The summed E-state index contributed by atoms with van der Waals surface area (Å²) in [5, 5.41) is 4.62. The van der Waals surface area contributed by atoms with Crippen LogP contribution in [-0.2, 0) is 10.0 Å². The summed E-state index contributed by atoms with van der Waals surface area (Å²) in [6, 6.07) is 12.1. The van der Waals surface area contributed by atoms with Crippen LogP contribution in [0.2, 0.25) is 5.02 Å². The van der Waals surface area contributed by atoms with Crippen molar-refractivity contribution < 1.29 is 13.2 Å². The predicted octanol–water partition coefficient (Wildman–Crippen LogP) is 4.85. The van der Waals surface area contributed by atoms with Crippen LogP contribution < -0.4 is 10.1 Å². The van der Waals surface area contributed by atoms with Crippen molar-refractivity contribution in [2.75, 3.05) is 4.72 Å². The average molecular weight is 458 g/mol. The second-order valence-corrected chi connectivity index (χ2v) is 10.7. The lowest BCUT2D eigenvalue weighted by Gasteiger charge is -2.55. The molecule has 31 heavy (non-hydrogen) atoms. The van der Waals surface area contributed by atoms with E-state index in [0.717, 1.165) is 17.9 Å². The van der Waals surface area contributed by atoms with Gasteiger partial charge in [-0.1, -0.05) is 37.6 Å². The van der Waals surface area contributed by atoms with Crippen molar-refractivity contribution in [3.8, 4) is 0 Å². The van der Waals surface area contributed by atoms with Crippen LogP contribution in [0.15, 0.2) is 70.2 Å². The first-order valence-corrected chi connectivity index (χ1v) is 11.9. The van der Waals surface area contributed by atoms with Gasteiger partial charge in [0.25, 0.3) is 15.9 Å². The minimum absolute atomic E-state index is 0.0173. The first-order valence-electron chi connectivity index (χ1n) is 10.1. The fourth-order valence-electron chi connectivity index (χ4n) is 4.31. The Morgan fingerprint density at radius 2 is 1.94 bits per heavy atom. The number of carbonyl (C=O) groups excluding carboxylic acids is 1. The molecule has 1 amide bonds. The second kappa shape index (κ2) is 8.13. The molecule has 2 N–H and O–H groups in total. The number of nitrogens with one attached hydrogen (secondary N) is 2. The third-order valence-electron chi connectivity index (χ3n) is 6.39. The average Bonchev–Trinajstić information content (AvgIpc) is 2.75. The van der Waals surface area contributed by atoms with Gasteiger partial charge in [0.1, 0.15) is 0 Å². The van der Waals surface area contributed by atoms with Crippen molar-refractivity contribution in [1.29, 1.82) is 0 Å². The number of hydrazone groups is 1. The molecule has 3 aliphatic carbocycles. The van der Waals surface area contributed by atoms with Gasteiger partial charge in [-0.25, -0.2) is 13.8 Å². The lowest BCUT2D eigenvalue weighted by atomic mass is 9.49. The zero-order valence-electron chi connectivity index (χ0n) is 17.3. The van der Waals surface area contributed by atoms with Gasteiger partial charge in [0.2, 0.25) is 0 Å². The number of halogens is 1. The largest absolute Gasteiger partial charge is 0.280 e. The third kappa shape index (κ3) is 4.38. The van der Waals surface area contributed by atoms with Crippen molar-refractivity contribution in [2.24, 2.45) is 22.4 Å². The normalized spacial score (nSPS) is 21.8. The molecule has 6 nitrogen and oxygen atoms in total. The Kier molecular flexibility index (Phi) is 5.66. The molecule has 1 saturated carbocycles. The number of amides is 1. The maximum Gasteiger partial charge on any atom is 0.271 e. The van der Waals surface area contributed by atoms with E-state index in [9.17, 15) is 13.2 Å². The number of hydrogen-bond acceptors (Lipinski definition) is 4. The van der Waals surface area contributed by atoms with Crippen molar-refractivity contribution in [3.05, 3.63) is 70.8 Å². The van der Waals surface area contributed by atoms with Crippen LogP contribution in [0.1, 0.15) is 37.0 Å². The second-order valence-electron chi connectivity index (χ2n) is 8.59. The molecule has 0 unspecified atom stereocenters. The summed E-state index contributed by atoms with van der Waals surface area (Å²) >= 11 is 5.83. The molecule has 2 aromatic carbocycles. The highest BCUT2D eigenvalue weighted by molar-refractivity contribution is 7.92. The number of nitrogens with zero attached hydrogens (tertiary/aromatic N) is 1. The van der Waals surface area contributed by atoms with Gasteiger partial charge in [0.15, 0.2) is 0 Å². The van der Waals surface area contributed by atoms with Crippen molar-refractivity contribution in [3.63, 3.8) is 0 Å². The molecule has 162 valence electrons. The summed E-state index contributed by atoms with van der Waals surface area (Å²) in [5.41, 5.74) is 4.52. The standard InChI is InChI=1S/C23H24ClN3O3S/c1-23(2)17-7-6-16(21(23)13-17)14-25-26-22(28)15-4-3-5-20(12-15)31(29,30)27-19-10-8-18(24)9-11-19/h3-6,8-12,14,17,21,27H,7,13H2,1-2H3,(H,26,28)/b25-14-/t17-,21-/m0/s1. The maximum absolute atomic E-state index is 12.7. The highest BCUT2D eigenvalue weighted by Gasteiger charge is 2.50. The molecule has 2 bridgehead atoms. The predicted molar refractivity (Wildman–Crippen MR) is 123 cm³/mol. The van der Waals surface area contributed by atoms with Crippen LogP contribution in [0.25, 0.3) is 0 Å². The summed E-state index contributed by atoms with van der Waals surface area (Å²) in [6.45, 7) is 4.55. The van der Waals surface area contributed by atoms with E-state index < -0.39 is 15.9 Å². The van der Waals surface area contributed by atoms with Gasteiger partial charge in [-0.05, 0) is 78.1 Å². The topological polar surface area (TPSA) is 87.6 Å². The van der Waals surface area contributed by atoms with E-state index in [-0.39, 0.29) is 15.9 Å². The summed E-state index contributed by atoms with van der Waals surface area (Å²) in [7, 11) is -3.86. The molecule has 0 spiro atoms. The number of sulfonamides is 1. The van der Waals surface area contributed by atoms with Crippen molar-refractivity contribution >= 4 is 39.4 Å². The summed E-state index contributed by atoms with van der Waals surface area (Å²) in [5.74, 6) is 0.733. The number of benzene rings is 2. The molecule has 0 aromatic heterocycles. The summed E-state index contributed by atoms with van der Waals surface area (Å²) < 4.78 is 27.8. The Hall–Kier alpha value is -2.64. The quantitative estimate of drug-likeness (QED) is 0.480. The van der Waals surface area contributed by atoms with Crippen LogP contribution in [0.5, 0.6) is 0 Å². The van der Waals surface area contributed by atoms with E-state index in [1.54, 1.807) is 36.5 Å². The van der Waals surface area contributed by atoms with Crippen molar-refractivity contribution in [1.82, 2.24) is 5.43 Å². The Labute approximate surface area is 187 Å². The zero-order valence-corrected chi connectivity index (χ0v) is 18.9. The fraction of sp³-hybridized carbons (Fsp3) is 0.304. The van der Waals surface area contributed by atoms with Crippen LogP contribution >= 0.6 is 11.6 Å². The number of hydrogen-bond donors (Lipinski definition) is 2. The van der Waals surface area contributed by atoms with Gasteiger partial charge in [-0.15, -0.1) is 0 Å². The summed E-state index contributed by atoms with van der Waals surface area (Å²) in [4.78, 5) is 12.5. The molecule has 0 saturated heterocycles. The lowest BCUT2D eigenvalue weighted by Crippen LogP contribution is -2.48. The highest BCUT2D eigenvalue weighted by atomic mass is 35.5. The van der Waals surface area contributed by atoms with E-state index in [1.807, 2.05) is 0 Å². The molecule has 3 aliphatic rings. The molecule has 0 radical (unpaired) electrons. The molecule has 0 aliphatic heterocycles. The van der Waals surface area contributed by atoms with Gasteiger partial charge >= 0.3 is 0 Å². The van der Waals surface area contributed by atoms with Gasteiger partial charge in [-0.2, -0.15) is 5.10 Å². The fourth-order valence-corrected chi connectivity index (χ4v) is 5.54. The highest BCUT2D eigenvalue weighted by Crippen LogP contribution is 2.58. The molecular weight excluding hydrogens is 434 g/mol. The monoisotopic (exact) mass is 457 g/mol. The van der Waals surface area contributed by atoms with Crippen LogP contribution in [0, 0.1) is 17.3 Å². The molecule has 5 rings (SSSR count). The molecule has 0 heterocycles. The lowest BCUT2D eigenvalue weighted by molar-refractivity contribution is -0.00126. The van der Waals surface area contributed by atoms with E-state index in [1.165, 1.54) is 24.6 Å². The van der Waals surface area contributed by atoms with Gasteiger partial charge in [0.05, 0.1) is 11.1 Å². The van der Waals surface area contributed by atoms with E-state index in [4.69, 9.17) is 11.6 Å². The van der Waals surface area contributed by atoms with Gasteiger partial charge in [-0.3, -0.25) is 9.52 Å². The van der Waals surface area contributed by atoms with Gasteiger partial charge < -0.3 is 0 Å². The van der Waals surface area contributed by atoms with E-state index >= 15 is 0 Å². The minimum Gasteiger partial charge on any atom is -0.280 e. The van der Waals surface area contributed by atoms with Crippen LogP contribution in [0.3, 0.4) is 0 Å². The first kappa shape index (κ1) is 21.6. The number of rotatable bonds is 6. The first-order chi connectivity index (χ1) is 14.7.